The lowest BCUT2D eigenvalue weighted by molar-refractivity contribution is -0.120. The number of H-pyrrole nitrogens is 1. The van der Waals surface area contributed by atoms with E-state index in [0.29, 0.717) is 19.2 Å². The quantitative estimate of drug-likeness (QED) is 0.255. The average molecular weight is 576 g/mol. The number of benzene rings is 3. The molecule has 2 unspecified atom stereocenters. The fraction of sp³-hybridized carbons (Fsp3) is 0.364. The minimum atomic E-state index is -0.133. The van der Waals surface area contributed by atoms with Gasteiger partial charge in [-0.3, -0.25) is 4.79 Å². The molecule has 41 heavy (non-hydrogen) atoms. The maximum atomic E-state index is 11.9. The van der Waals surface area contributed by atoms with E-state index in [1.165, 1.54) is 24.8 Å². The van der Waals surface area contributed by atoms with Crippen molar-refractivity contribution in [2.45, 2.75) is 37.8 Å². The number of aromatic nitrogens is 1. The molecule has 0 aliphatic carbocycles. The Morgan fingerprint density at radius 2 is 1.61 bits per heavy atom. The number of nitrogens with zero attached hydrogens (tertiary/aromatic N) is 2. The molecule has 1 aromatic heterocycles. The normalized spacial score (nSPS) is 18.7. The lowest BCUT2D eigenvalue weighted by atomic mass is 9.93. The van der Waals surface area contributed by atoms with Gasteiger partial charge in [0.25, 0.3) is 0 Å². The molecule has 3 aromatic carbocycles. The number of fused-ring (bicyclic) bond motifs is 3. The highest BCUT2D eigenvalue weighted by Gasteiger charge is 2.31. The first-order valence-corrected chi connectivity index (χ1v) is 14.5. The molecule has 7 nitrogen and oxygen atoms in total. The van der Waals surface area contributed by atoms with Crippen LogP contribution in [0.25, 0.3) is 10.9 Å². The van der Waals surface area contributed by atoms with Crippen molar-refractivity contribution in [2.75, 3.05) is 41.0 Å². The largest absolute Gasteiger partial charge is 0.497 e. The minimum Gasteiger partial charge on any atom is -0.497 e. The van der Waals surface area contributed by atoms with Crippen LogP contribution in [0.15, 0.2) is 66.7 Å². The molecule has 2 atom stereocenters. The number of nitrogens with one attached hydrogen (secondary N) is 1. The van der Waals surface area contributed by atoms with Crippen LogP contribution in [0.2, 0.25) is 5.02 Å². The number of likely N-dealkylation sites (tertiary alicyclic amines) is 1. The second-order valence-corrected chi connectivity index (χ2v) is 11.0. The summed E-state index contributed by atoms with van der Waals surface area (Å²) in [5, 5.41) is 1.88. The Hall–Kier alpha value is -3.68. The van der Waals surface area contributed by atoms with Gasteiger partial charge in [-0.2, -0.15) is 0 Å². The van der Waals surface area contributed by atoms with Gasteiger partial charge in [-0.05, 0) is 98.6 Å². The summed E-state index contributed by atoms with van der Waals surface area (Å²) >= 11 is 6.24. The first-order chi connectivity index (χ1) is 20.0. The monoisotopic (exact) mass is 575 g/mol. The van der Waals surface area contributed by atoms with Gasteiger partial charge in [0.2, 0.25) is 6.41 Å². The lowest BCUT2D eigenvalue weighted by Gasteiger charge is -2.33. The van der Waals surface area contributed by atoms with Crippen LogP contribution >= 0.6 is 11.6 Å². The van der Waals surface area contributed by atoms with Crippen LogP contribution < -0.4 is 14.2 Å². The summed E-state index contributed by atoms with van der Waals surface area (Å²) in [4.78, 5) is 19.7. The van der Waals surface area contributed by atoms with E-state index in [-0.39, 0.29) is 6.04 Å². The van der Waals surface area contributed by atoms with Gasteiger partial charge in [0, 0.05) is 34.2 Å². The first kappa shape index (κ1) is 28.8. The number of piperidine rings is 1. The average Bonchev–Trinajstić information content (AvgIpc) is 3.38. The molecule has 8 heteroatoms. The predicted molar refractivity (Wildman–Crippen MR) is 163 cm³/mol. The van der Waals surface area contributed by atoms with Crippen LogP contribution in [0.3, 0.4) is 0 Å². The highest BCUT2D eigenvalue weighted by Crippen LogP contribution is 2.38. The number of carbonyl (C=O) groups is 1. The fourth-order valence-electron chi connectivity index (χ4n) is 5.76. The number of likely N-dealkylation sites (N-methyl/N-ethyl adjacent to an activating group) is 1. The van der Waals surface area contributed by atoms with Gasteiger partial charge in [-0.15, -0.1) is 0 Å². The van der Waals surface area contributed by atoms with Gasteiger partial charge in [-0.25, -0.2) is 0 Å². The molecule has 6 rings (SSSR count). The third-order valence-electron chi connectivity index (χ3n) is 8.12. The molecule has 1 fully saturated rings. The molecule has 0 bridgehead atoms. The van der Waals surface area contributed by atoms with Crippen LogP contribution in [-0.2, 0) is 11.2 Å². The molecule has 1 N–H and O–H groups in total. The maximum Gasteiger partial charge on any atom is 0.210 e. The number of rotatable bonds is 7. The molecule has 0 spiro atoms. The molecule has 0 saturated carbocycles. The number of amides is 1. The number of halogens is 1. The Bertz CT molecular complexity index is 1410. The topological polar surface area (TPSA) is 67.0 Å². The van der Waals surface area contributed by atoms with Gasteiger partial charge in [0.1, 0.15) is 23.9 Å². The standard InChI is InChI=1S/C25H28ClN3O2.C8H10O2/c1-28-12-3-2-4-19(28)15-31-20-8-5-17(6-9-20)25-24-21(11-13-29(25)16-30)22-14-18(26)7-10-23(22)27-24;1-9-7-3-5-8(10-2)6-4-7/h5-10,14,16,19,25,27H,2-4,11-13,15H2,1H3;3-6H,1-2H3. The van der Waals surface area contributed by atoms with Gasteiger partial charge in [0.05, 0.1) is 20.3 Å². The summed E-state index contributed by atoms with van der Waals surface area (Å²) in [5.41, 5.74) is 4.46. The number of carbonyl (C=O) groups excluding carboxylic acids is 1. The van der Waals surface area contributed by atoms with E-state index in [2.05, 4.69) is 29.1 Å². The van der Waals surface area contributed by atoms with Crippen molar-refractivity contribution >= 4 is 28.9 Å². The summed E-state index contributed by atoms with van der Waals surface area (Å²) in [6.45, 7) is 2.55. The second kappa shape index (κ2) is 13.3. The van der Waals surface area contributed by atoms with E-state index >= 15 is 0 Å². The Morgan fingerprint density at radius 1 is 0.927 bits per heavy atom. The zero-order valence-electron chi connectivity index (χ0n) is 23.9. The van der Waals surface area contributed by atoms with Gasteiger partial charge in [0.15, 0.2) is 0 Å². The molecule has 2 aliphatic rings. The lowest BCUT2D eigenvalue weighted by Crippen LogP contribution is -2.40. The number of methoxy groups -OCH3 is 2. The highest BCUT2D eigenvalue weighted by molar-refractivity contribution is 6.31. The van der Waals surface area contributed by atoms with Crippen molar-refractivity contribution < 1.29 is 19.0 Å². The summed E-state index contributed by atoms with van der Waals surface area (Å²) in [5.74, 6) is 2.57. The van der Waals surface area contributed by atoms with Crippen LogP contribution in [0.1, 0.15) is 42.1 Å². The zero-order chi connectivity index (χ0) is 28.8. The molecule has 1 amide bonds. The van der Waals surface area contributed by atoms with Crippen molar-refractivity contribution in [1.82, 2.24) is 14.8 Å². The molecule has 1 saturated heterocycles. The van der Waals surface area contributed by atoms with Gasteiger partial charge in [-0.1, -0.05) is 30.2 Å². The second-order valence-electron chi connectivity index (χ2n) is 10.6. The summed E-state index contributed by atoms with van der Waals surface area (Å²) < 4.78 is 16.0. The number of hydrogen-bond acceptors (Lipinski definition) is 5. The first-order valence-electron chi connectivity index (χ1n) is 14.1. The molecule has 0 radical (unpaired) electrons. The van der Waals surface area contributed by atoms with Crippen molar-refractivity contribution in [2.24, 2.45) is 0 Å². The molecular weight excluding hydrogens is 538 g/mol. The van der Waals surface area contributed by atoms with Crippen molar-refractivity contribution in [3.63, 3.8) is 0 Å². The van der Waals surface area contributed by atoms with Crippen molar-refractivity contribution in [3.05, 3.63) is 88.6 Å². The highest BCUT2D eigenvalue weighted by atomic mass is 35.5. The summed E-state index contributed by atoms with van der Waals surface area (Å²) in [7, 11) is 5.46. The van der Waals surface area contributed by atoms with Crippen LogP contribution in [0.5, 0.6) is 17.2 Å². The number of aromatic amines is 1. The van der Waals surface area contributed by atoms with E-state index in [1.54, 1.807) is 14.2 Å². The molecule has 4 aromatic rings. The number of hydrogen-bond donors (Lipinski definition) is 1. The van der Waals surface area contributed by atoms with E-state index in [9.17, 15) is 4.79 Å². The Labute approximate surface area is 246 Å². The molecule has 216 valence electrons. The maximum absolute atomic E-state index is 11.9. The third-order valence-corrected chi connectivity index (χ3v) is 8.35. The van der Waals surface area contributed by atoms with Gasteiger partial charge >= 0.3 is 0 Å². The van der Waals surface area contributed by atoms with Crippen molar-refractivity contribution in [3.8, 4) is 17.2 Å². The van der Waals surface area contributed by atoms with Crippen molar-refractivity contribution in [1.29, 1.82) is 0 Å². The van der Waals surface area contributed by atoms with Crippen LogP contribution in [0.4, 0.5) is 0 Å². The molecular formula is C33H38ClN3O4. The minimum absolute atomic E-state index is 0.133. The van der Waals surface area contributed by atoms with Gasteiger partial charge < -0.3 is 29.0 Å². The predicted octanol–water partition coefficient (Wildman–Crippen LogP) is 6.49. The Morgan fingerprint density at radius 3 is 2.24 bits per heavy atom. The molecule has 3 heterocycles. The zero-order valence-corrected chi connectivity index (χ0v) is 24.7. The summed E-state index contributed by atoms with van der Waals surface area (Å²) in [6, 6.07) is 21.9. The number of ether oxygens (including phenoxy) is 3. The van der Waals surface area contributed by atoms with Crippen LogP contribution in [-0.4, -0.2) is 68.2 Å². The molecule has 2 aliphatic heterocycles. The van der Waals surface area contributed by atoms with Crippen LogP contribution in [0, 0.1) is 0 Å². The third kappa shape index (κ3) is 6.63. The fourth-order valence-corrected chi connectivity index (χ4v) is 5.93. The summed E-state index contributed by atoms with van der Waals surface area (Å²) in [6.07, 6.45) is 5.52. The Balaban J connectivity index is 0.000000287. The Kier molecular flexibility index (Phi) is 9.37. The van der Waals surface area contributed by atoms with E-state index in [0.717, 1.165) is 63.8 Å². The SMILES string of the molecule is CN1CCCCC1COc1ccc(C2c3[nH]c4ccc(Cl)cc4c3CCN2C=O)cc1.COc1ccc(OC)cc1. The van der Waals surface area contributed by atoms with E-state index < -0.39 is 0 Å². The van der Waals surface area contributed by atoms with E-state index in [4.69, 9.17) is 25.8 Å². The van der Waals surface area contributed by atoms with E-state index in [1.807, 2.05) is 59.5 Å². The smallest absolute Gasteiger partial charge is 0.210 e.